The molecule has 2 saturated heterocycles. The Kier molecular flexibility index (Phi) is 7.55. The molecular formula is C22H28F3N9S. The minimum Gasteiger partial charge on any atom is -0.375 e. The monoisotopic (exact) mass is 507 g/mol. The predicted molar refractivity (Wildman–Crippen MR) is 135 cm³/mol. The molecule has 4 rings (SSSR count). The van der Waals surface area contributed by atoms with E-state index in [1.807, 2.05) is 4.90 Å². The summed E-state index contributed by atoms with van der Waals surface area (Å²) in [6, 6.07) is 5.45. The van der Waals surface area contributed by atoms with Gasteiger partial charge in [-0.2, -0.15) is 23.3 Å². The highest BCUT2D eigenvalue weighted by Crippen LogP contribution is 2.32. The molecule has 0 spiro atoms. The number of thiocarbonyl (C=S) groups is 1. The highest BCUT2D eigenvalue weighted by Gasteiger charge is 2.31. The Bertz CT molecular complexity index is 1060. The molecule has 13 heteroatoms. The molecule has 1 aromatic carbocycles. The average Bonchev–Trinajstić information content (AvgIpc) is 2.84. The molecule has 0 bridgehead atoms. The highest BCUT2D eigenvalue weighted by molar-refractivity contribution is 7.80. The molecule has 0 aliphatic carbocycles. The maximum atomic E-state index is 13.1. The number of hydrogen-bond acceptors (Lipinski definition) is 8. The number of likely N-dealkylation sites (N-methyl/N-ethyl adjacent to an activating group) is 1. The minimum absolute atomic E-state index is 0.0681. The molecule has 35 heavy (non-hydrogen) atoms. The SMILES string of the molecule is CN1CCN(c2nc(N3CCN(c4cccc(C(F)(F)F)c4)CC3)ncc2/C=N/NC(N)=S)CC1. The predicted octanol–water partition coefficient (Wildman–Crippen LogP) is 1.74. The summed E-state index contributed by atoms with van der Waals surface area (Å²) in [6.07, 6.45) is -1.04. The minimum atomic E-state index is -4.36. The van der Waals surface area contributed by atoms with Gasteiger partial charge in [0.15, 0.2) is 5.11 Å². The van der Waals surface area contributed by atoms with E-state index in [-0.39, 0.29) is 5.11 Å². The number of anilines is 3. The lowest BCUT2D eigenvalue weighted by Gasteiger charge is -2.37. The number of piperazine rings is 2. The van der Waals surface area contributed by atoms with Crippen molar-refractivity contribution < 1.29 is 13.2 Å². The van der Waals surface area contributed by atoms with E-state index in [0.717, 1.165) is 43.6 Å². The third-order valence-corrected chi connectivity index (χ3v) is 6.16. The van der Waals surface area contributed by atoms with Crippen LogP contribution in [-0.4, -0.2) is 85.6 Å². The molecule has 2 aliphatic heterocycles. The van der Waals surface area contributed by atoms with Gasteiger partial charge in [-0.05, 0) is 37.5 Å². The van der Waals surface area contributed by atoms with E-state index < -0.39 is 11.7 Å². The molecule has 0 atom stereocenters. The first-order valence-corrected chi connectivity index (χ1v) is 11.7. The quantitative estimate of drug-likeness (QED) is 0.357. The summed E-state index contributed by atoms with van der Waals surface area (Å²) in [4.78, 5) is 17.9. The molecule has 1 aromatic heterocycles. The zero-order chi connectivity index (χ0) is 25.0. The normalized spacial score (nSPS) is 17.8. The molecule has 0 radical (unpaired) electrons. The van der Waals surface area contributed by atoms with Crippen molar-refractivity contribution in [3.05, 3.63) is 41.6 Å². The summed E-state index contributed by atoms with van der Waals surface area (Å²) in [6.45, 7) is 5.78. The summed E-state index contributed by atoms with van der Waals surface area (Å²) in [5, 5.41) is 4.13. The smallest absolute Gasteiger partial charge is 0.375 e. The maximum Gasteiger partial charge on any atom is 0.416 e. The summed E-state index contributed by atoms with van der Waals surface area (Å²) in [5.41, 5.74) is 8.67. The van der Waals surface area contributed by atoms with E-state index in [2.05, 4.69) is 37.3 Å². The van der Waals surface area contributed by atoms with Crippen molar-refractivity contribution in [3.8, 4) is 0 Å². The molecule has 0 unspecified atom stereocenters. The molecule has 2 aromatic rings. The summed E-state index contributed by atoms with van der Waals surface area (Å²) in [5.74, 6) is 1.36. The first-order chi connectivity index (χ1) is 16.7. The fraction of sp³-hybridized carbons (Fsp3) is 0.455. The Morgan fingerprint density at radius 3 is 2.37 bits per heavy atom. The van der Waals surface area contributed by atoms with Gasteiger partial charge >= 0.3 is 6.18 Å². The second-order valence-corrected chi connectivity index (χ2v) is 8.94. The van der Waals surface area contributed by atoms with Gasteiger partial charge in [0, 0.05) is 64.2 Å². The van der Waals surface area contributed by atoms with Crippen LogP contribution in [0.1, 0.15) is 11.1 Å². The number of nitrogens with zero attached hydrogens (tertiary/aromatic N) is 7. The fourth-order valence-electron chi connectivity index (χ4n) is 4.10. The lowest BCUT2D eigenvalue weighted by molar-refractivity contribution is -0.137. The van der Waals surface area contributed by atoms with Crippen LogP contribution in [-0.2, 0) is 6.18 Å². The Balaban J connectivity index is 1.49. The highest BCUT2D eigenvalue weighted by atomic mass is 32.1. The van der Waals surface area contributed by atoms with Gasteiger partial charge in [-0.3, -0.25) is 5.43 Å². The van der Waals surface area contributed by atoms with E-state index in [9.17, 15) is 13.2 Å². The van der Waals surface area contributed by atoms with Crippen molar-refractivity contribution in [1.82, 2.24) is 20.3 Å². The van der Waals surface area contributed by atoms with E-state index >= 15 is 0 Å². The molecular weight excluding hydrogens is 479 g/mol. The third-order valence-electron chi connectivity index (χ3n) is 6.07. The van der Waals surface area contributed by atoms with Gasteiger partial charge in [-0.1, -0.05) is 6.07 Å². The first kappa shape index (κ1) is 24.9. The van der Waals surface area contributed by atoms with Crippen molar-refractivity contribution in [1.29, 1.82) is 0 Å². The molecule has 3 N–H and O–H groups in total. The van der Waals surface area contributed by atoms with Gasteiger partial charge in [0.1, 0.15) is 5.82 Å². The molecule has 188 valence electrons. The van der Waals surface area contributed by atoms with Gasteiger partial charge in [0.05, 0.1) is 17.3 Å². The topological polar surface area (TPSA) is 89.2 Å². The van der Waals surface area contributed by atoms with Crippen LogP contribution in [0.5, 0.6) is 0 Å². The number of halogens is 3. The van der Waals surface area contributed by atoms with E-state index in [0.29, 0.717) is 37.8 Å². The van der Waals surface area contributed by atoms with E-state index in [4.69, 9.17) is 22.9 Å². The first-order valence-electron chi connectivity index (χ1n) is 11.3. The Morgan fingerprint density at radius 2 is 1.71 bits per heavy atom. The fourth-order valence-corrected chi connectivity index (χ4v) is 4.15. The zero-order valence-electron chi connectivity index (χ0n) is 19.4. The van der Waals surface area contributed by atoms with Crippen molar-refractivity contribution >= 4 is 41.0 Å². The molecule has 9 nitrogen and oxygen atoms in total. The number of aromatic nitrogens is 2. The van der Waals surface area contributed by atoms with Crippen LogP contribution in [0.15, 0.2) is 35.6 Å². The van der Waals surface area contributed by atoms with Crippen LogP contribution in [0.4, 0.5) is 30.6 Å². The summed E-state index contributed by atoms with van der Waals surface area (Å²) < 4.78 is 39.3. The molecule has 2 fully saturated rings. The molecule has 0 saturated carbocycles. The second-order valence-electron chi connectivity index (χ2n) is 8.50. The number of nitrogens with two attached hydrogens (primary N) is 1. The van der Waals surface area contributed by atoms with Crippen molar-refractivity contribution in [2.24, 2.45) is 10.8 Å². The van der Waals surface area contributed by atoms with Crippen LogP contribution in [0.25, 0.3) is 0 Å². The standard InChI is InChI=1S/C22H28F3N9S/c1-31-5-7-33(8-6-31)19-16(15-28-30-20(26)35)14-27-21(29-19)34-11-9-32(10-12-34)18-4-2-3-17(13-18)22(23,24)25/h2-4,13-15H,5-12H2,1H3,(H3,26,30,35)/b28-15+. The number of hydrazone groups is 1. The summed E-state index contributed by atoms with van der Waals surface area (Å²) >= 11 is 4.80. The van der Waals surface area contributed by atoms with Crippen LogP contribution < -0.4 is 25.9 Å². The third kappa shape index (κ3) is 6.28. The van der Waals surface area contributed by atoms with Crippen LogP contribution in [0.2, 0.25) is 0 Å². The largest absolute Gasteiger partial charge is 0.416 e. The molecule has 2 aliphatic rings. The number of rotatable bonds is 5. The average molecular weight is 508 g/mol. The van der Waals surface area contributed by atoms with Gasteiger partial charge < -0.3 is 25.3 Å². The number of benzene rings is 1. The van der Waals surface area contributed by atoms with Crippen molar-refractivity contribution in [3.63, 3.8) is 0 Å². The maximum absolute atomic E-state index is 13.1. The van der Waals surface area contributed by atoms with Gasteiger partial charge in [-0.15, -0.1) is 0 Å². The van der Waals surface area contributed by atoms with Crippen LogP contribution in [0.3, 0.4) is 0 Å². The van der Waals surface area contributed by atoms with E-state index in [1.54, 1.807) is 18.5 Å². The second kappa shape index (κ2) is 10.6. The molecule has 3 heterocycles. The Labute approximate surface area is 207 Å². The van der Waals surface area contributed by atoms with Crippen LogP contribution in [0, 0.1) is 0 Å². The van der Waals surface area contributed by atoms with Crippen molar-refractivity contribution in [2.45, 2.75) is 6.18 Å². The van der Waals surface area contributed by atoms with Crippen LogP contribution >= 0.6 is 12.2 Å². The lowest BCUT2D eigenvalue weighted by Crippen LogP contribution is -2.48. The number of hydrogen-bond donors (Lipinski definition) is 2. The number of alkyl halides is 3. The van der Waals surface area contributed by atoms with Gasteiger partial charge in [0.2, 0.25) is 5.95 Å². The number of nitrogens with one attached hydrogen (secondary N) is 1. The lowest BCUT2D eigenvalue weighted by atomic mass is 10.1. The Morgan fingerprint density at radius 1 is 1.06 bits per heavy atom. The van der Waals surface area contributed by atoms with Gasteiger partial charge in [-0.25, -0.2) is 4.98 Å². The van der Waals surface area contributed by atoms with Gasteiger partial charge in [0.25, 0.3) is 0 Å². The zero-order valence-corrected chi connectivity index (χ0v) is 20.2. The van der Waals surface area contributed by atoms with Crippen molar-refractivity contribution in [2.75, 3.05) is 74.1 Å². The Hall–Kier alpha value is -3.19. The van der Waals surface area contributed by atoms with E-state index in [1.165, 1.54) is 12.1 Å². The molecule has 0 amide bonds. The summed E-state index contributed by atoms with van der Waals surface area (Å²) in [7, 11) is 2.08.